The molecular weight excluding hydrogens is 611 g/mol. The van der Waals surface area contributed by atoms with Gasteiger partial charge in [0.2, 0.25) is 0 Å². The van der Waals surface area contributed by atoms with Gasteiger partial charge in [-0.2, -0.15) is 0 Å². The summed E-state index contributed by atoms with van der Waals surface area (Å²) in [6.07, 6.45) is 4.39. The first-order valence-corrected chi connectivity index (χ1v) is 17.6. The van der Waals surface area contributed by atoms with Gasteiger partial charge in [-0.15, -0.1) is 0 Å². The lowest BCUT2D eigenvalue weighted by molar-refractivity contribution is -0.151. The molecule has 2 heterocycles. The third-order valence-electron chi connectivity index (χ3n) is 8.21. The minimum absolute atomic E-state index is 0.0276. The lowest BCUT2D eigenvalue weighted by atomic mass is 9.89. The average molecular weight is 657 g/mol. The second kappa shape index (κ2) is 12.5. The maximum Gasteiger partial charge on any atom is 0.308 e. The Balaban J connectivity index is 1.96. The molecule has 38 heavy (non-hydrogen) atoms. The highest BCUT2D eigenvalue weighted by Gasteiger charge is 2.47. The largest absolute Gasteiger partial charge is 0.497 e. The SMILES string of the molecule is COc1ccc(C2O[C@H]3/C=C/[C@H](C)[C@@H](/C(C)=C/I)OC(=O)CC(O[Si](C)(C)C(C)(C)C)CC[C@@]3(C)O2)cc1. The van der Waals surface area contributed by atoms with Gasteiger partial charge >= 0.3 is 5.97 Å². The maximum absolute atomic E-state index is 13.2. The molecule has 0 saturated carbocycles. The lowest BCUT2D eigenvalue weighted by Crippen LogP contribution is -2.45. The number of fused-ring (bicyclic) bond motifs is 1. The van der Waals surface area contributed by atoms with Crippen LogP contribution in [0, 0.1) is 5.92 Å². The Hall–Kier alpha value is -1.20. The molecular formula is C30H45IO6Si. The summed E-state index contributed by atoms with van der Waals surface area (Å²) >= 11 is 2.21. The van der Waals surface area contributed by atoms with Crippen LogP contribution in [0.3, 0.4) is 0 Å². The van der Waals surface area contributed by atoms with Gasteiger partial charge in [-0.05, 0) is 66.6 Å². The van der Waals surface area contributed by atoms with Crippen molar-refractivity contribution in [3.05, 3.63) is 51.6 Å². The molecule has 8 heteroatoms. The highest BCUT2D eigenvalue weighted by atomic mass is 127. The monoisotopic (exact) mass is 656 g/mol. The van der Waals surface area contributed by atoms with Crippen LogP contribution in [0.15, 0.2) is 46.1 Å². The van der Waals surface area contributed by atoms with Crippen molar-refractivity contribution in [2.24, 2.45) is 5.92 Å². The summed E-state index contributed by atoms with van der Waals surface area (Å²) in [5.74, 6) is 0.536. The summed E-state index contributed by atoms with van der Waals surface area (Å²) in [5, 5.41) is 0.0276. The van der Waals surface area contributed by atoms with E-state index in [2.05, 4.69) is 82.5 Å². The van der Waals surface area contributed by atoms with E-state index in [0.29, 0.717) is 12.8 Å². The molecule has 0 amide bonds. The van der Waals surface area contributed by atoms with E-state index in [1.165, 1.54) is 0 Å². The number of methoxy groups -OCH3 is 1. The number of carbonyl (C=O) groups excluding carboxylic acids is 1. The molecule has 2 aliphatic heterocycles. The van der Waals surface area contributed by atoms with Crippen molar-refractivity contribution in [1.29, 1.82) is 0 Å². The summed E-state index contributed by atoms with van der Waals surface area (Å²) in [6, 6.07) is 7.80. The molecule has 1 saturated heterocycles. The highest BCUT2D eigenvalue weighted by molar-refractivity contribution is 14.1. The zero-order valence-electron chi connectivity index (χ0n) is 24.4. The van der Waals surface area contributed by atoms with E-state index in [1.807, 2.05) is 35.3 Å². The van der Waals surface area contributed by atoms with E-state index < -0.39 is 20.2 Å². The molecule has 0 spiro atoms. The van der Waals surface area contributed by atoms with Crippen molar-refractivity contribution in [3.8, 4) is 5.75 Å². The number of hydrogen-bond acceptors (Lipinski definition) is 6. The second-order valence-corrected chi connectivity index (χ2v) is 17.7. The smallest absolute Gasteiger partial charge is 0.308 e. The molecule has 0 aromatic heterocycles. The molecule has 1 aromatic rings. The molecule has 6 atom stereocenters. The van der Waals surface area contributed by atoms with Gasteiger partial charge in [-0.1, -0.05) is 74.6 Å². The van der Waals surface area contributed by atoms with E-state index in [4.69, 9.17) is 23.4 Å². The molecule has 6 nitrogen and oxygen atoms in total. The van der Waals surface area contributed by atoms with Crippen LogP contribution in [-0.4, -0.2) is 45.3 Å². The Labute approximate surface area is 243 Å². The molecule has 3 rings (SSSR count). The van der Waals surface area contributed by atoms with E-state index in [0.717, 1.165) is 16.9 Å². The van der Waals surface area contributed by atoms with Gasteiger partial charge < -0.3 is 23.4 Å². The van der Waals surface area contributed by atoms with E-state index in [9.17, 15) is 4.79 Å². The fourth-order valence-electron chi connectivity index (χ4n) is 4.65. The Morgan fingerprint density at radius 3 is 2.42 bits per heavy atom. The van der Waals surface area contributed by atoms with Crippen LogP contribution in [0.5, 0.6) is 5.75 Å². The predicted octanol–water partition coefficient (Wildman–Crippen LogP) is 7.89. The molecule has 0 N–H and O–H groups in total. The zero-order valence-corrected chi connectivity index (χ0v) is 27.5. The summed E-state index contributed by atoms with van der Waals surface area (Å²) in [4.78, 5) is 13.2. The van der Waals surface area contributed by atoms with Crippen LogP contribution in [0.2, 0.25) is 18.1 Å². The topological polar surface area (TPSA) is 63.2 Å². The third-order valence-corrected chi connectivity index (χ3v) is 13.7. The molecule has 212 valence electrons. The van der Waals surface area contributed by atoms with Crippen molar-refractivity contribution in [2.45, 2.75) is 109 Å². The van der Waals surface area contributed by atoms with Gasteiger partial charge in [0.1, 0.15) is 18.0 Å². The average Bonchev–Trinajstić information content (AvgIpc) is 3.19. The fourth-order valence-corrected chi connectivity index (χ4v) is 6.39. The first kappa shape index (κ1) is 31.3. The first-order chi connectivity index (χ1) is 17.7. The summed E-state index contributed by atoms with van der Waals surface area (Å²) < 4.78 is 33.3. The molecule has 2 unspecified atom stereocenters. The van der Waals surface area contributed by atoms with Gasteiger partial charge in [-0.3, -0.25) is 4.79 Å². The standard InChI is InChI=1S/C30H45IO6Si/c1-20-10-15-25-30(6,36-28(34-25)22-11-13-23(33-7)14-12-22)17-16-24(37-38(8,9)29(3,4)5)18-26(32)35-27(20)21(2)19-31/h10-15,19-20,24-25,27-28H,16-18H2,1-9H3/b15-10+,21-19+/t20-,24?,25-,27-,28?,30+/m0/s1. The number of ether oxygens (including phenoxy) is 4. The number of esters is 1. The summed E-state index contributed by atoms with van der Waals surface area (Å²) in [5.41, 5.74) is 1.37. The number of carbonyl (C=O) groups is 1. The molecule has 0 radical (unpaired) electrons. The zero-order chi connectivity index (χ0) is 28.3. The Kier molecular flexibility index (Phi) is 10.3. The molecule has 1 fully saturated rings. The second-order valence-electron chi connectivity index (χ2n) is 12.3. The van der Waals surface area contributed by atoms with Crippen LogP contribution in [0.4, 0.5) is 0 Å². The minimum atomic E-state index is -2.12. The number of halogens is 1. The third kappa shape index (κ3) is 7.50. The number of cyclic esters (lactones) is 1. The van der Waals surface area contributed by atoms with Gasteiger partial charge in [0.05, 0.1) is 25.2 Å². The molecule has 1 aromatic carbocycles. The Morgan fingerprint density at radius 1 is 1.18 bits per heavy atom. The maximum atomic E-state index is 13.2. The number of hydrogen-bond donors (Lipinski definition) is 0. The van der Waals surface area contributed by atoms with Crippen LogP contribution < -0.4 is 4.74 Å². The quantitative estimate of drug-likeness (QED) is 0.139. The fraction of sp³-hybridized carbons (Fsp3) is 0.633. The number of benzene rings is 1. The van der Waals surface area contributed by atoms with Crippen LogP contribution in [0.25, 0.3) is 0 Å². The van der Waals surface area contributed by atoms with Crippen molar-refractivity contribution >= 4 is 36.9 Å². The Morgan fingerprint density at radius 2 is 1.84 bits per heavy atom. The molecule has 2 aliphatic rings. The van der Waals surface area contributed by atoms with Gasteiger partial charge in [-0.25, -0.2) is 0 Å². The van der Waals surface area contributed by atoms with E-state index in [1.54, 1.807) is 7.11 Å². The highest BCUT2D eigenvalue weighted by Crippen LogP contribution is 2.44. The van der Waals surface area contributed by atoms with Crippen molar-refractivity contribution in [2.75, 3.05) is 7.11 Å². The number of rotatable bonds is 5. The Bertz CT molecular complexity index is 1010. The van der Waals surface area contributed by atoms with Crippen molar-refractivity contribution < 1.29 is 28.2 Å². The summed E-state index contributed by atoms with van der Waals surface area (Å²) in [6.45, 7) is 17.3. The summed E-state index contributed by atoms with van der Waals surface area (Å²) in [7, 11) is -0.468. The van der Waals surface area contributed by atoms with Crippen LogP contribution >= 0.6 is 22.6 Å². The van der Waals surface area contributed by atoms with Gasteiger partial charge in [0.15, 0.2) is 14.6 Å². The van der Waals surface area contributed by atoms with E-state index in [-0.39, 0.29) is 41.7 Å². The molecule has 0 aliphatic carbocycles. The van der Waals surface area contributed by atoms with Crippen molar-refractivity contribution in [1.82, 2.24) is 0 Å². The van der Waals surface area contributed by atoms with Gasteiger partial charge in [0, 0.05) is 11.5 Å². The first-order valence-electron chi connectivity index (χ1n) is 13.5. The lowest BCUT2D eigenvalue weighted by Gasteiger charge is -2.40. The van der Waals surface area contributed by atoms with E-state index >= 15 is 0 Å². The normalized spacial score (nSPS) is 32.5. The van der Waals surface area contributed by atoms with Gasteiger partial charge in [0.25, 0.3) is 0 Å². The molecule has 0 bridgehead atoms. The van der Waals surface area contributed by atoms with Crippen LogP contribution in [-0.2, 0) is 23.4 Å². The minimum Gasteiger partial charge on any atom is -0.497 e. The van der Waals surface area contributed by atoms with Crippen LogP contribution in [0.1, 0.15) is 72.7 Å². The van der Waals surface area contributed by atoms with Crippen molar-refractivity contribution in [3.63, 3.8) is 0 Å². The predicted molar refractivity (Wildman–Crippen MR) is 162 cm³/mol.